The van der Waals surface area contributed by atoms with Crippen LogP contribution in [0.15, 0.2) is 56.3 Å². The molecule has 0 fully saturated rings. The number of nitro groups is 1. The molecular formula is C17H10BrNO6. The summed E-state index contributed by atoms with van der Waals surface area (Å²) in [5.74, 6) is 0.104. The van der Waals surface area contributed by atoms with E-state index in [9.17, 15) is 19.7 Å². The minimum Gasteiger partial charge on any atom is -0.482 e. The first-order valence-electron chi connectivity index (χ1n) is 7.06. The molecule has 0 aliphatic heterocycles. The van der Waals surface area contributed by atoms with Crippen LogP contribution in [0.4, 0.5) is 5.69 Å². The van der Waals surface area contributed by atoms with Crippen molar-refractivity contribution in [3.63, 3.8) is 0 Å². The molecule has 0 aliphatic carbocycles. The van der Waals surface area contributed by atoms with Gasteiger partial charge in [-0.05, 0) is 18.2 Å². The number of aldehydes is 1. The molecule has 0 atom stereocenters. The van der Waals surface area contributed by atoms with E-state index < -0.39 is 10.4 Å². The van der Waals surface area contributed by atoms with Gasteiger partial charge in [-0.2, -0.15) is 0 Å². The fourth-order valence-corrected chi connectivity index (χ4v) is 2.87. The summed E-state index contributed by atoms with van der Waals surface area (Å²) >= 11 is 3.30. The van der Waals surface area contributed by atoms with Crippen LogP contribution in [0, 0.1) is 10.1 Å². The largest absolute Gasteiger partial charge is 0.482 e. The van der Waals surface area contributed by atoms with Gasteiger partial charge < -0.3 is 9.15 Å². The zero-order valence-corrected chi connectivity index (χ0v) is 14.2. The van der Waals surface area contributed by atoms with Gasteiger partial charge >= 0.3 is 5.69 Å². The van der Waals surface area contributed by atoms with Gasteiger partial charge in [-0.25, -0.2) is 0 Å². The summed E-state index contributed by atoms with van der Waals surface area (Å²) < 4.78 is 11.5. The number of halogens is 1. The van der Waals surface area contributed by atoms with Crippen LogP contribution in [-0.2, 0) is 6.61 Å². The Balaban J connectivity index is 2.03. The van der Waals surface area contributed by atoms with Crippen molar-refractivity contribution in [1.82, 2.24) is 0 Å². The number of rotatable bonds is 5. The summed E-state index contributed by atoms with van der Waals surface area (Å²) in [5.41, 5.74) is 0.0709. The number of nitrogens with zero attached hydrogens (tertiary/aromatic N) is 1. The van der Waals surface area contributed by atoms with Crippen LogP contribution in [0.2, 0.25) is 0 Å². The van der Waals surface area contributed by atoms with Gasteiger partial charge in [0.05, 0.1) is 15.9 Å². The molecule has 0 bridgehead atoms. The average molecular weight is 404 g/mol. The summed E-state index contributed by atoms with van der Waals surface area (Å²) in [6.07, 6.45) is 1.51. The van der Waals surface area contributed by atoms with Crippen LogP contribution < -0.4 is 10.2 Å². The maximum atomic E-state index is 12.2. The first-order valence-corrected chi connectivity index (χ1v) is 7.86. The third-order valence-corrected chi connectivity index (χ3v) is 3.97. The van der Waals surface area contributed by atoms with Crippen molar-refractivity contribution >= 4 is 38.9 Å². The summed E-state index contributed by atoms with van der Waals surface area (Å²) in [5, 5.41) is 11.3. The number of fused-ring (bicyclic) bond motifs is 1. The predicted molar refractivity (Wildman–Crippen MR) is 93.0 cm³/mol. The highest BCUT2D eigenvalue weighted by Crippen LogP contribution is 2.29. The van der Waals surface area contributed by atoms with E-state index in [1.165, 1.54) is 12.1 Å². The van der Waals surface area contributed by atoms with Crippen LogP contribution in [0.3, 0.4) is 0 Å². The summed E-state index contributed by atoms with van der Waals surface area (Å²) in [6.45, 7) is -0.0514. The van der Waals surface area contributed by atoms with E-state index in [0.717, 1.165) is 6.26 Å². The van der Waals surface area contributed by atoms with Gasteiger partial charge in [-0.3, -0.25) is 19.7 Å². The number of hydrogen-bond donors (Lipinski definition) is 0. The molecule has 0 spiro atoms. The molecule has 0 saturated heterocycles. The summed E-state index contributed by atoms with van der Waals surface area (Å²) in [4.78, 5) is 33.6. The minimum atomic E-state index is -0.537. The zero-order chi connectivity index (χ0) is 18.0. The van der Waals surface area contributed by atoms with Crippen molar-refractivity contribution in [2.24, 2.45) is 0 Å². The topological polar surface area (TPSA) is 99.7 Å². The lowest BCUT2D eigenvalue weighted by Crippen LogP contribution is -2.09. The zero-order valence-electron chi connectivity index (χ0n) is 12.6. The van der Waals surface area contributed by atoms with Crippen molar-refractivity contribution < 1.29 is 18.9 Å². The maximum Gasteiger partial charge on any atom is 0.310 e. The molecule has 0 unspecified atom stereocenters. The quantitative estimate of drug-likeness (QED) is 0.364. The van der Waals surface area contributed by atoms with Gasteiger partial charge in [0.1, 0.15) is 18.5 Å². The Morgan fingerprint density at radius 3 is 2.76 bits per heavy atom. The molecule has 0 aliphatic rings. The molecule has 1 aromatic heterocycles. The Hall–Kier alpha value is -3.00. The molecule has 126 valence electrons. The normalized spacial score (nSPS) is 10.6. The number of para-hydroxylation sites is 2. The molecule has 3 rings (SSSR count). The Bertz CT molecular complexity index is 1040. The van der Waals surface area contributed by atoms with Crippen LogP contribution in [0.5, 0.6) is 5.75 Å². The Morgan fingerprint density at radius 1 is 1.28 bits per heavy atom. The number of nitro benzene ring substituents is 1. The van der Waals surface area contributed by atoms with E-state index in [1.54, 1.807) is 24.3 Å². The molecule has 2 aromatic carbocycles. The molecule has 0 amide bonds. The molecule has 7 nitrogen and oxygen atoms in total. The van der Waals surface area contributed by atoms with Crippen molar-refractivity contribution in [2.75, 3.05) is 0 Å². The van der Waals surface area contributed by atoms with E-state index in [0.29, 0.717) is 16.3 Å². The van der Waals surface area contributed by atoms with Gasteiger partial charge in [0.15, 0.2) is 12.0 Å². The molecule has 1 heterocycles. The third-order valence-electron chi connectivity index (χ3n) is 3.51. The van der Waals surface area contributed by atoms with E-state index in [-0.39, 0.29) is 34.6 Å². The maximum absolute atomic E-state index is 12.2. The van der Waals surface area contributed by atoms with Crippen molar-refractivity contribution in [2.45, 2.75) is 6.61 Å². The summed E-state index contributed by atoms with van der Waals surface area (Å²) in [6, 6.07) is 9.21. The Morgan fingerprint density at radius 2 is 2.04 bits per heavy atom. The van der Waals surface area contributed by atoms with Gasteiger partial charge in [0, 0.05) is 16.1 Å². The lowest BCUT2D eigenvalue weighted by atomic mass is 10.1. The van der Waals surface area contributed by atoms with E-state index in [1.807, 2.05) is 0 Å². The molecule has 3 aromatic rings. The van der Waals surface area contributed by atoms with Crippen LogP contribution >= 0.6 is 15.9 Å². The third kappa shape index (κ3) is 3.29. The Labute approximate surface area is 149 Å². The van der Waals surface area contributed by atoms with Gasteiger partial charge in [-0.15, -0.1) is 0 Å². The van der Waals surface area contributed by atoms with Crippen molar-refractivity contribution in [1.29, 1.82) is 0 Å². The second kappa shape index (κ2) is 6.86. The van der Waals surface area contributed by atoms with Crippen LogP contribution in [-0.4, -0.2) is 11.2 Å². The highest BCUT2D eigenvalue weighted by Gasteiger charge is 2.16. The standard InChI is InChI=1S/C17H10BrNO6/c18-12-5-10(8-24-15-4-2-1-3-14(15)19(22)23)17-13(6-12)16(21)11(7-20)9-25-17/h1-7,9H,8H2. The molecule has 8 heteroatoms. The SMILES string of the molecule is O=Cc1coc2c(COc3ccccc3[N+](=O)[O-])cc(Br)cc2c1=O. The lowest BCUT2D eigenvalue weighted by molar-refractivity contribution is -0.385. The van der Waals surface area contributed by atoms with Crippen molar-refractivity contribution in [3.8, 4) is 5.75 Å². The number of carbonyl (C=O) groups excluding carboxylic acids is 1. The molecule has 0 radical (unpaired) electrons. The second-order valence-electron chi connectivity index (χ2n) is 5.09. The van der Waals surface area contributed by atoms with E-state index in [4.69, 9.17) is 9.15 Å². The van der Waals surface area contributed by atoms with Crippen LogP contribution in [0.25, 0.3) is 11.0 Å². The number of hydrogen-bond acceptors (Lipinski definition) is 6. The first-order chi connectivity index (χ1) is 12.0. The molecular weight excluding hydrogens is 394 g/mol. The molecule has 25 heavy (non-hydrogen) atoms. The first kappa shape index (κ1) is 16.8. The van der Waals surface area contributed by atoms with E-state index >= 15 is 0 Å². The van der Waals surface area contributed by atoms with E-state index in [2.05, 4.69) is 15.9 Å². The van der Waals surface area contributed by atoms with Gasteiger partial charge in [0.25, 0.3) is 0 Å². The average Bonchev–Trinajstić information content (AvgIpc) is 2.60. The van der Waals surface area contributed by atoms with Gasteiger partial charge in [-0.1, -0.05) is 28.1 Å². The number of benzene rings is 2. The predicted octanol–water partition coefficient (Wildman–Crippen LogP) is 3.86. The smallest absolute Gasteiger partial charge is 0.310 e. The fraction of sp³-hybridized carbons (Fsp3) is 0.0588. The molecule has 0 saturated carbocycles. The highest BCUT2D eigenvalue weighted by atomic mass is 79.9. The van der Waals surface area contributed by atoms with Gasteiger partial charge in [0.2, 0.25) is 5.43 Å². The second-order valence-corrected chi connectivity index (χ2v) is 6.01. The monoisotopic (exact) mass is 403 g/mol. The number of ether oxygens (including phenoxy) is 1. The number of carbonyl (C=O) groups is 1. The summed E-state index contributed by atoms with van der Waals surface area (Å²) in [7, 11) is 0. The minimum absolute atomic E-state index is 0.0514. The molecule has 0 N–H and O–H groups in total. The fourth-order valence-electron chi connectivity index (χ4n) is 2.36. The Kier molecular flexibility index (Phi) is 4.62. The lowest BCUT2D eigenvalue weighted by Gasteiger charge is -2.09. The van der Waals surface area contributed by atoms with Crippen molar-refractivity contribution in [3.05, 3.63) is 78.6 Å². The highest BCUT2D eigenvalue weighted by molar-refractivity contribution is 9.10. The van der Waals surface area contributed by atoms with Crippen LogP contribution in [0.1, 0.15) is 15.9 Å².